The number of rotatable bonds is 2. The van der Waals surface area contributed by atoms with Gasteiger partial charge in [-0.15, -0.1) is 0 Å². The van der Waals surface area contributed by atoms with Gasteiger partial charge in [-0.2, -0.15) is 0 Å². The summed E-state index contributed by atoms with van der Waals surface area (Å²) in [7, 11) is 0. The SMILES string of the molecule is O=C(c1ccc2c(c1)CNC2)c1ccc2ccccc2c1. The van der Waals surface area contributed by atoms with Crippen LogP contribution in [0.4, 0.5) is 0 Å². The van der Waals surface area contributed by atoms with Crippen LogP contribution in [0, 0.1) is 0 Å². The predicted octanol–water partition coefficient (Wildman–Crippen LogP) is 3.67. The van der Waals surface area contributed by atoms with Crippen LogP contribution in [-0.4, -0.2) is 5.78 Å². The van der Waals surface area contributed by atoms with Crippen molar-refractivity contribution in [1.29, 1.82) is 0 Å². The summed E-state index contributed by atoms with van der Waals surface area (Å²) in [6.07, 6.45) is 0. The van der Waals surface area contributed by atoms with Crippen molar-refractivity contribution in [1.82, 2.24) is 5.32 Å². The monoisotopic (exact) mass is 273 g/mol. The molecule has 21 heavy (non-hydrogen) atoms. The highest BCUT2D eigenvalue weighted by atomic mass is 16.1. The molecule has 0 unspecified atom stereocenters. The quantitative estimate of drug-likeness (QED) is 0.722. The van der Waals surface area contributed by atoms with E-state index in [0.29, 0.717) is 0 Å². The van der Waals surface area contributed by atoms with Crippen molar-refractivity contribution in [2.45, 2.75) is 13.1 Å². The number of benzene rings is 3. The molecule has 1 aliphatic heterocycles. The maximum Gasteiger partial charge on any atom is 0.193 e. The molecule has 2 nitrogen and oxygen atoms in total. The van der Waals surface area contributed by atoms with Crippen LogP contribution in [-0.2, 0) is 13.1 Å². The van der Waals surface area contributed by atoms with Gasteiger partial charge in [-0.05, 0) is 34.0 Å². The first-order valence-electron chi connectivity index (χ1n) is 7.17. The topological polar surface area (TPSA) is 29.1 Å². The van der Waals surface area contributed by atoms with Gasteiger partial charge in [-0.1, -0.05) is 48.5 Å². The first-order chi connectivity index (χ1) is 10.3. The molecule has 0 radical (unpaired) electrons. The predicted molar refractivity (Wildman–Crippen MR) is 84.4 cm³/mol. The number of ketones is 1. The lowest BCUT2D eigenvalue weighted by atomic mass is 9.97. The van der Waals surface area contributed by atoms with Gasteiger partial charge in [0, 0.05) is 24.2 Å². The highest BCUT2D eigenvalue weighted by Gasteiger charge is 2.14. The van der Waals surface area contributed by atoms with E-state index in [0.717, 1.165) is 35.0 Å². The Morgan fingerprint density at radius 2 is 1.48 bits per heavy atom. The second kappa shape index (κ2) is 4.83. The molecule has 0 saturated heterocycles. The summed E-state index contributed by atoms with van der Waals surface area (Å²) in [5.74, 6) is 0.0930. The highest BCUT2D eigenvalue weighted by Crippen LogP contribution is 2.21. The Morgan fingerprint density at radius 3 is 2.38 bits per heavy atom. The Balaban J connectivity index is 1.75. The van der Waals surface area contributed by atoms with Crippen molar-refractivity contribution in [3.63, 3.8) is 0 Å². The molecule has 3 aromatic carbocycles. The third-order valence-corrected chi connectivity index (χ3v) is 4.11. The van der Waals surface area contributed by atoms with Crippen molar-refractivity contribution >= 4 is 16.6 Å². The van der Waals surface area contributed by atoms with E-state index in [-0.39, 0.29) is 5.78 Å². The fourth-order valence-electron chi connectivity index (χ4n) is 2.93. The Labute approximate surface area is 123 Å². The van der Waals surface area contributed by atoms with Crippen molar-refractivity contribution in [3.8, 4) is 0 Å². The normalized spacial score (nSPS) is 13.3. The molecule has 0 aliphatic carbocycles. The highest BCUT2D eigenvalue weighted by molar-refractivity contribution is 6.10. The summed E-state index contributed by atoms with van der Waals surface area (Å²) in [6, 6.07) is 20.0. The van der Waals surface area contributed by atoms with E-state index in [4.69, 9.17) is 0 Å². The standard InChI is InChI=1S/C19H15NO/c21-19(16-7-8-17-11-20-12-18(17)10-16)15-6-5-13-3-1-2-4-14(13)9-15/h1-10,20H,11-12H2. The summed E-state index contributed by atoms with van der Waals surface area (Å²) >= 11 is 0. The molecule has 1 heterocycles. The minimum atomic E-state index is 0.0930. The maximum atomic E-state index is 12.7. The zero-order valence-corrected chi connectivity index (χ0v) is 11.6. The molecule has 3 aromatic rings. The largest absolute Gasteiger partial charge is 0.309 e. The van der Waals surface area contributed by atoms with E-state index in [2.05, 4.69) is 17.4 Å². The van der Waals surface area contributed by atoms with Crippen molar-refractivity contribution in [2.24, 2.45) is 0 Å². The minimum absolute atomic E-state index is 0.0930. The van der Waals surface area contributed by atoms with Crippen LogP contribution in [0.1, 0.15) is 27.0 Å². The number of hydrogen-bond donors (Lipinski definition) is 1. The summed E-state index contributed by atoms with van der Waals surface area (Å²) in [5.41, 5.74) is 4.05. The summed E-state index contributed by atoms with van der Waals surface area (Å²) in [5, 5.41) is 5.57. The summed E-state index contributed by atoms with van der Waals surface area (Å²) < 4.78 is 0. The van der Waals surface area contributed by atoms with Gasteiger partial charge >= 0.3 is 0 Å². The maximum absolute atomic E-state index is 12.7. The Hall–Kier alpha value is -2.45. The van der Waals surface area contributed by atoms with Crippen LogP contribution in [0.5, 0.6) is 0 Å². The van der Waals surface area contributed by atoms with Crippen molar-refractivity contribution < 1.29 is 4.79 Å². The molecule has 102 valence electrons. The van der Waals surface area contributed by atoms with Gasteiger partial charge < -0.3 is 5.32 Å². The van der Waals surface area contributed by atoms with Crippen LogP contribution in [0.25, 0.3) is 10.8 Å². The molecule has 0 bridgehead atoms. The van der Waals surface area contributed by atoms with E-state index < -0.39 is 0 Å². The molecule has 0 amide bonds. The zero-order chi connectivity index (χ0) is 14.2. The minimum Gasteiger partial charge on any atom is -0.309 e. The van der Waals surface area contributed by atoms with E-state index in [1.165, 1.54) is 11.1 Å². The molecule has 0 saturated carbocycles. The molecule has 0 spiro atoms. The van der Waals surface area contributed by atoms with Gasteiger partial charge in [-0.3, -0.25) is 4.79 Å². The number of hydrogen-bond acceptors (Lipinski definition) is 2. The van der Waals surface area contributed by atoms with Crippen LogP contribution in [0.2, 0.25) is 0 Å². The average Bonchev–Trinajstić information content (AvgIpc) is 3.01. The molecule has 2 heteroatoms. The van der Waals surface area contributed by atoms with Gasteiger partial charge in [0.2, 0.25) is 0 Å². The second-order valence-electron chi connectivity index (χ2n) is 5.48. The Morgan fingerprint density at radius 1 is 0.762 bits per heavy atom. The van der Waals surface area contributed by atoms with Crippen LogP contribution in [0.3, 0.4) is 0 Å². The molecule has 0 atom stereocenters. The fourth-order valence-corrected chi connectivity index (χ4v) is 2.93. The first kappa shape index (κ1) is 12.3. The number of carbonyl (C=O) groups is 1. The lowest BCUT2D eigenvalue weighted by Gasteiger charge is -2.05. The molecule has 1 N–H and O–H groups in total. The van der Waals surface area contributed by atoms with Gasteiger partial charge in [0.05, 0.1) is 0 Å². The van der Waals surface area contributed by atoms with E-state index in [9.17, 15) is 4.79 Å². The van der Waals surface area contributed by atoms with Gasteiger partial charge in [-0.25, -0.2) is 0 Å². The molecule has 0 aromatic heterocycles. The van der Waals surface area contributed by atoms with Gasteiger partial charge in [0.25, 0.3) is 0 Å². The number of fused-ring (bicyclic) bond motifs is 2. The summed E-state index contributed by atoms with van der Waals surface area (Å²) in [4.78, 5) is 12.7. The third kappa shape index (κ3) is 2.14. The average molecular weight is 273 g/mol. The van der Waals surface area contributed by atoms with Gasteiger partial charge in [0.15, 0.2) is 5.78 Å². The van der Waals surface area contributed by atoms with Crippen LogP contribution in [0.15, 0.2) is 60.7 Å². The fraction of sp³-hybridized carbons (Fsp3) is 0.105. The van der Waals surface area contributed by atoms with E-state index >= 15 is 0 Å². The van der Waals surface area contributed by atoms with Crippen LogP contribution >= 0.6 is 0 Å². The molecule has 0 fully saturated rings. The van der Waals surface area contributed by atoms with E-state index in [1.807, 2.05) is 48.5 Å². The Kier molecular flexibility index (Phi) is 2.83. The first-order valence-corrected chi connectivity index (χ1v) is 7.17. The molecule has 4 rings (SSSR count). The smallest absolute Gasteiger partial charge is 0.193 e. The third-order valence-electron chi connectivity index (χ3n) is 4.11. The molecule has 1 aliphatic rings. The molecular weight excluding hydrogens is 258 g/mol. The van der Waals surface area contributed by atoms with E-state index in [1.54, 1.807) is 0 Å². The van der Waals surface area contributed by atoms with Gasteiger partial charge in [0.1, 0.15) is 0 Å². The summed E-state index contributed by atoms with van der Waals surface area (Å²) in [6.45, 7) is 1.76. The van der Waals surface area contributed by atoms with Crippen molar-refractivity contribution in [3.05, 3.63) is 82.9 Å². The molecular formula is C19H15NO. The lowest BCUT2D eigenvalue weighted by Crippen LogP contribution is -2.02. The lowest BCUT2D eigenvalue weighted by molar-refractivity contribution is 0.103. The second-order valence-corrected chi connectivity index (χ2v) is 5.48. The van der Waals surface area contributed by atoms with Crippen LogP contribution < -0.4 is 5.32 Å². The number of nitrogens with one attached hydrogen (secondary N) is 1. The Bertz CT molecular complexity index is 851. The van der Waals surface area contributed by atoms with Crippen molar-refractivity contribution in [2.75, 3.05) is 0 Å². The number of carbonyl (C=O) groups excluding carboxylic acids is 1. The zero-order valence-electron chi connectivity index (χ0n) is 11.6.